The van der Waals surface area contributed by atoms with Crippen LogP contribution in [0.25, 0.3) is 11.4 Å². The summed E-state index contributed by atoms with van der Waals surface area (Å²) in [6.07, 6.45) is 0. The van der Waals surface area contributed by atoms with Crippen molar-refractivity contribution >= 4 is 11.7 Å². The fourth-order valence-corrected chi connectivity index (χ4v) is 2.75. The van der Waals surface area contributed by atoms with Crippen LogP contribution in [0.3, 0.4) is 0 Å². The zero-order valence-corrected chi connectivity index (χ0v) is 16.5. The molecule has 2 amide bonds. The van der Waals surface area contributed by atoms with E-state index in [1.807, 2.05) is 24.3 Å². The molecular weight excluding hydrogens is 374 g/mol. The number of urea groups is 1. The summed E-state index contributed by atoms with van der Waals surface area (Å²) >= 11 is 0. The van der Waals surface area contributed by atoms with E-state index in [0.29, 0.717) is 17.3 Å². The number of nitrogens with zero attached hydrogens (tertiary/aromatic N) is 3. The second-order valence-corrected chi connectivity index (χ2v) is 6.23. The van der Waals surface area contributed by atoms with Gasteiger partial charge in [0.05, 0.1) is 20.8 Å². The van der Waals surface area contributed by atoms with Crippen molar-refractivity contribution in [2.75, 3.05) is 26.1 Å². The molecule has 9 heteroatoms. The summed E-state index contributed by atoms with van der Waals surface area (Å²) < 4.78 is 13.0. The highest BCUT2D eigenvalue weighted by molar-refractivity contribution is 5.89. The Morgan fingerprint density at radius 3 is 2.17 bits per heavy atom. The molecule has 0 fully saturated rings. The van der Waals surface area contributed by atoms with Crippen molar-refractivity contribution in [3.05, 3.63) is 59.0 Å². The van der Waals surface area contributed by atoms with Gasteiger partial charge in [0.1, 0.15) is 11.5 Å². The molecule has 0 spiro atoms. The van der Waals surface area contributed by atoms with Crippen molar-refractivity contribution in [3.8, 4) is 22.9 Å². The van der Waals surface area contributed by atoms with E-state index in [9.17, 15) is 9.59 Å². The maximum atomic E-state index is 12.4. The fraction of sp³-hybridized carbons (Fsp3) is 0.250. The zero-order chi connectivity index (χ0) is 20.8. The molecule has 1 heterocycles. The summed E-state index contributed by atoms with van der Waals surface area (Å²) in [5.74, 6) is 1.98. The maximum absolute atomic E-state index is 12.4. The second-order valence-electron chi connectivity index (χ2n) is 6.23. The number of amides is 2. The number of ether oxygens (including phenoxy) is 2. The Morgan fingerprint density at radius 1 is 1.00 bits per heavy atom. The molecule has 0 saturated heterocycles. The van der Waals surface area contributed by atoms with Crippen molar-refractivity contribution in [3.63, 3.8) is 0 Å². The molecule has 29 heavy (non-hydrogen) atoms. The number of rotatable bonds is 7. The van der Waals surface area contributed by atoms with Gasteiger partial charge < -0.3 is 20.1 Å². The first-order valence-corrected chi connectivity index (χ1v) is 8.99. The molecular formula is C20H23N5O4. The average Bonchev–Trinajstić information content (AvgIpc) is 3.03. The standard InChI is InChI=1S/C20H23N5O4/c1-24-18(14-4-8-16(28-2)9-5-14)23-25(20(24)27)13-12-21-19(26)22-15-6-10-17(29-3)11-7-15/h4-11H,12-13H2,1-3H3,(H2,21,22,26). The van der Waals surface area contributed by atoms with E-state index in [0.717, 1.165) is 11.3 Å². The molecule has 3 rings (SSSR count). The van der Waals surface area contributed by atoms with Gasteiger partial charge in [-0.1, -0.05) is 0 Å². The number of anilines is 1. The lowest BCUT2D eigenvalue weighted by Gasteiger charge is -2.08. The average molecular weight is 397 g/mol. The number of hydrogen-bond donors (Lipinski definition) is 2. The minimum atomic E-state index is -0.366. The Labute approximate surface area is 167 Å². The Bertz CT molecular complexity index is 1020. The monoisotopic (exact) mass is 397 g/mol. The van der Waals surface area contributed by atoms with Crippen LogP contribution in [-0.4, -0.2) is 41.1 Å². The SMILES string of the molecule is COc1ccc(NC(=O)NCCn2nc(-c3ccc(OC)cc3)n(C)c2=O)cc1. The van der Waals surface area contributed by atoms with Gasteiger partial charge in [-0.15, -0.1) is 5.10 Å². The molecule has 0 saturated carbocycles. The van der Waals surface area contributed by atoms with Crippen molar-refractivity contribution in [2.45, 2.75) is 6.54 Å². The second kappa shape index (κ2) is 8.96. The third-order valence-electron chi connectivity index (χ3n) is 4.35. The largest absolute Gasteiger partial charge is 0.497 e. The van der Waals surface area contributed by atoms with E-state index in [-0.39, 0.29) is 24.8 Å². The predicted molar refractivity (Wildman–Crippen MR) is 109 cm³/mol. The van der Waals surface area contributed by atoms with E-state index in [2.05, 4.69) is 15.7 Å². The van der Waals surface area contributed by atoms with Gasteiger partial charge in [-0.3, -0.25) is 4.57 Å². The summed E-state index contributed by atoms with van der Waals surface area (Å²) in [6.45, 7) is 0.500. The lowest BCUT2D eigenvalue weighted by molar-refractivity contribution is 0.251. The first-order valence-electron chi connectivity index (χ1n) is 8.99. The minimum Gasteiger partial charge on any atom is -0.497 e. The van der Waals surface area contributed by atoms with Crippen LogP contribution >= 0.6 is 0 Å². The molecule has 0 aliphatic rings. The van der Waals surface area contributed by atoms with Gasteiger partial charge in [0.25, 0.3) is 0 Å². The van der Waals surface area contributed by atoms with E-state index in [4.69, 9.17) is 9.47 Å². The smallest absolute Gasteiger partial charge is 0.345 e. The molecule has 0 aliphatic heterocycles. The summed E-state index contributed by atoms with van der Waals surface area (Å²) in [4.78, 5) is 24.4. The van der Waals surface area contributed by atoms with E-state index in [1.165, 1.54) is 9.25 Å². The molecule has 1 aromatic heterocycles. The predicted octanol–water partition coefficient (Wildman–Crippen LogP) is 2.09. The normalized spacial score (nSPS) is 10.4. The number of carbonyl (C=O) groups is 1. The van der Waals surface area contributed by atoms with Crippen LogP contribution in [0, 0.1) is 0 Å². The van der Waals surface area contributed by atoms with Gasteiger partial charge in [-0.25, -0.2) is 14.3 Å². The van der Waals surface area contributed by atoms with Gasteiger partial charge in [0, 0.05) is 24.8 Å². The third kappa shape index (κ3) is 4.75. The van der Waals surface area contributed by atoms with Gasteiger partial charge in [-0.05, 0) is 48.5 Å². The van der Waals surface area contributed by atoms with Crippen molar-refractivity contribution in [1.82, 2.24) is 19.7 Å². The van der Waals surface area contributed by atoms with Gasteiger partial charge in [-0.2, -0.15) is 0 Å². The highest BCUT2D eigenvalue weighted by Gasteiger charge is 2.12. The summed E-state index contributed by atoms with van der Waals surface area (Å²) in [6, 6.07) is 13.9. The minimum absolute atomic E-state index is 0.249. The van der Waals surface area contributed by atoms with E-state index in [1.54, 1.807) is 45.5 Å². The number of carbonyl (C=O) groups excluding carboxylic acids is 1. The molecule has 2 aromatic carbocycles. The molecule has 3 aromatic rings. The number of methoxy groups -OCH3 is 2. The summed E-state index contributed by atoms with van der Waals surface area (Å²) in [5, 5.41) is 9.80. The molecule has 0 aliphatic carbocycles. The number of aromatic nitrogens is 3. The molecule has 0 bridgehead atoms. The Morgan fingerprint density at radius 2 is 1.59 bits per heavy atom. The highest BCUT2D eigenvalue weighted by atomic mass is 16.5. The van der Waals surface area contributed by atoms with Gasteiger partial charge in [0.15, 0.2) is 5.82 Å². The zero-order valence-electron chi connectivity index (χ0n) is 16.5. The van der Waals surface area contributed by atoms with Crippen molar-refractivity contribution in [2.24, 2.45) is 7.05 Å². The first kappa shape index (κ1) is 20.0. The van der Waals surface area contributed by atoms with Crippen LogP contribution in [0.4, 0.5) is 10.5 Å². The quantitative estimate of drug-likeness (QED) is 0.636. The Kier molecular flexibility index (Phi) is 6.18. The van der Waals surface area contributed by atoms with Crippen molar-refractivity contribution < 1.29 is 14.3 Å². The Hall–Kier alpha value is -3.75. The third-order valence-corrected chi connectivity index (χ3v) is 4.35. The van der Waals surface area contributed by atoms with Crippen LogP contribution in [0.15, 0.2) is 53.3 Å². The van der Waals surface area contributed by atoms with Gasteiger partial charge >= 0.3 is 11.7 Å². The molecule has 0 unspecified atom stereocenters. The van der Waals surface area contributed by atoms with Crippen LogP contribution in [0.1, 0.15) is 0 Å². The maximum Gasteiger partial charge on any atom is 0.345 e. The van der Waals surface area contributed by atoms with Crippen LogP contribution in [-0.2, 0) is 13.6 Å². The molecule has 0 radical (unpaired) electrons. The van der Waals surface area contributed by atoms with E-state index < -0.39 is 0 Å². The molecule has 9 nitrogen and oxygen atoms in total. The Balaban J connectivity index is 1.58. The highest BCUT2D eigenvalue weighted by Crippen LogP contribution is 2.19. The molecule has 152 valence electrons. The van der Waals surface area contributed by atoms with E-state index >= 15 is 0 Å². The topological polar surface area (TPSA) is 99.4 Å². The first-order chi connectivity index (χ1) is 14.0. The van der Waals surface area contributed by atoms with Gasteiger partial charge in [0.2, 0.25) is 0 Å². The number of hydrogen-bond acceptors (Lipinski definition) is 5. The molecule has 0 atom stereocenters. The van der Waals surface area contributed by atoms with Crippen LogP contribution in [0.2, 0.25) is 0 Å². The number of nitrogens with one attached hydrogen (secondary N) is 2. The lowest BCUT2D eigenvalue weighted by Crippen LogP contribution is -2.34. The van der Waals surface area contributed by atoms with Crippen LogP contribution in [0.5, 0.6) is 11.5 Å². The van der Waals surface area contributed by atoms with Crippen molar-refractivity contribution in [1.29, 1.82) is 0 Å². The lowest BCUT2D eigenvalue weighted by atomic mass is 10.2. The fourth-order valence-electron chi connectivity index (χ4n) is 2.75. The summed E-state index contributed by atoms with van der Waals surface area (Å²) in [5.41, 5.74) is 1.18. The number of benzene rings is 2. The van der Waals surface area contributed by atoms with Crippen LogP contribution < -0.4 is 25.8 Å². The summed E-state index contributed by atoms with van der Waals surface area (Å²) in [7, 11) is 4.83. The molecule has 2 N–H and O–H groups in total.